The second-order valence-corrected chi connectivity index (χ2v) is 7.21. The molecule has 0 atom stereocenters. The molecule has 0 saturated heterocycles. The molecule has 0 bridgehead atoms. The van der Waals surface area contributed by atoms with E-state index in [-0.39, 0.29) is 13.2 Å². The Bertz CT molecular complexity index is 886. The van der Waals surface area contributed by atoms with Gasteiger partial charge in [-0.15, -0.1) is 0 Å². The molecule has 0 radical (unpaired) electrons. The normalized spacial score (nSPS) is 10.8. The zero-order valence-corrected chi connectivity index (χ0v) is 18.8. The lowest BCUT2D eigenvalue weighted by molar-refractivity contribution is -0.133. The van der Waals surface area contributed by atoms with Gasteiger partial charge in [0, 0.05) is 74.7 Å². The summed E-state index contributed by atoms with van der Waals surface area (Å²) >= 11 is 0. The van der Waals surface area contributed by atoms with E-state index in [0.717, 1.165) is 0 Å². The summed E-state index contributed by atoms with van der Waals surface area (Å²) in [4.78, 5) is 31.2. The molecule has 0 aromatic carbocycles. The molecule has 0 spiro atoms. The number of hydrogen-bond donors (Lipinski definition) is 4. The second-order valence-electron chi connectivity index (χ2n) is 7.21. The van der Waals surface area contributed by atoms with Gasteiger partial charge in [-0.1, -0.05) is 0 Å². The van der Waals surface area contributed by atoms with Crippen molar-refractivity contribution in [3.8, 4) is 11.5 Å². The molecule has 2 aromatic heterocycles. The van der Waals surface area contributed by atoms with Gasteiger partial charge in [0.1, 0.15) is 0 Å². The van der Waals surface area contributed by atoms with Gasteiger partial charge in [0.15, 0.2) is 11.5 Å². The van der Waals surface area contributed by atoms with Gasteiger partial charge in [0.2, 0.25) is 0 Å². The van der Waals surface area contributed by atoms with Crippen LogP contribution in [0.5, 0.6) is 11.5 Å². The summed E-state index contributed by atoms with van der Waals surface area (Å²) in [6.45, 7) is 7.54. The second kappa shape index (κ2) is 12.2. The summed E-state index contributed by atoms with van der Waals surface area (Å²) in [6.07, 6.45) is 3.13. The minimum atomic E-state index is -0.455. The lowest BCUT2D eigenvalue weighted by atomic mass is 10.1. The smallest absolute Gasteiger partial charge is 0.308 e. The van der Waals surface area contributed by atoms with E-state index >= 15 is 0 Å². The van der Waals surface area contributed by atoms with Gasteiger partial charge in [0.25, 0.3) is 0 Å². The van der Waals surface area contributed by atoms with Crippen LogP contribution in [0.15, 0.2) is 12.4 Å². The van der Waals surface area contributed by atoms with Crippen molar-refractivity contribution in [3.63, 3.8) is 0 Å². The number of carbonyl (C=O) groups excluding carboxylic acids is 2. The monoisotopic (exact) mass is 446 g/mol. The van der Waals surface area contributed by atoms with Crippen LogP contribution < -0.4 is 20.1 Å². The van der Waals surface area contributed by atoms with Gasteiger partial charge < -0.3 is 30.3 Å². The van der Waals surface area contributed by atoms with Gasteiger partial charge in [-0.3, -0.25) is 19.6 Å². The van der Waals surface area contributed by atoms with Gasteiger partial charge in [-0.2, -0.15) is 0 Å². The number of aliphatic hydroxyl groups is 2. The number of esters is 2. The third-order valence-electron chi connectivity index (χ3n) is 4.72. The van der Waals surface area contributed by atoms with Crippen LogP contribution in [0.1, 0.15) is 47.5 Å². The number of aliphatic hydroxyl groups excluding tert-OH is 2. The highest BCUT2D eigenvalue weighted by atomic mass is 16.5. The average molecular weight is 447 g/mol. The Morgan fingerprint density at radius 3 is 1.50 bits per heavy atom. The molecule has 0 aliphatic carbocycles. The number of aryl methyl sites for hydroxylation is 2. The van der Waals surface area contributed by atoms with E-state index in [2.05, 4.69) is 20.6 Å². The fourth-order valence-corrected chi connectivity index (χ4v) is 3.17. The SMILES string of the molecule is CC(=O)Oc1c(C)ncc(CO)c1CNCCNCc1c(CO)cnc(C)c1OC(C)=O. The fraction of sp³-hybridized carbons (Fsp3) is 0.455. The van der Waals surface area contributed by atoms with Crippen molar-refractivity contribution in [2.24, 2.45) is 0 Å². The Morgan fingerprint density at radius 1 is 0.812 bits per heavy atom. The number of ether oxygens (including phenoxy) is 2. The van der Waals surface area contributed by atoms with E-state index in [1.807, 2.05) is 0 Å². The Kier molecular flexibility index (Phi) is 9.66. The predicted octanol–water partition coefficient (Wildman–Crippen LogP) is 0.808. The minimum absolute atomic E-state index is 0.221. The molecule has 0 saturated carbocycles. The van der Waals surface area contributed by atoms with Gasteiger partial charge >= 0.3 is 11.9 Å². The van der Waals surface area contributed by atoms with Gasteiger partial charge in [-0.25, -0.2) is 0 Å². The number of aromatic nitrogens is 2. The average Bonchev–Trinajstić information content (AvgIpc) is 2.74. The Hall–Kier alpha value is -2.92. The summed E-state index contributed by atoms with van der Waals surface area (Å²) in [5.74, 6) is -0.196. The van der Waals surface area contributed by atoms with Crippen LogP contribution in [0.3, 0.4) is 0 Å². The van der Waals surface area contributed by atoms with Crippen LogP contribution in [-0.2, 0) is 35.9 Å². The molecular formula is C22H30N4O6. The highest BCUT2D eigenvalue weighted by molar-refractivity contribution is 5.71. The first-order valence-electron chi connectivity index (χ1n) is 10.2. The molecule has 10 heteroatoms. The van der Waals surface area contributed by atoms with E-state index in [4.69, 9.17) is 9.47 Å². The van der Waals surface area contributed by atoms with Crippen molar-refractivity contribution in [2.75, 3.05) is 13.1 Å². The molecule has 0 fully saturated rings. The van der Waals surface area contributed by atoms with E-state index < -0.39 is 11.9 Å². The van der Waals surface area contributed by atoms with Gasteiger partial charge in [-0.05, 0) is 13.8 Å². The molecule has 4 N–H and O–H groups in total. The highest BCUT2D eigenvalue weighted by Crippen LogP contribution is 2.26. The molecule has 0 amide bonds. The quantitative estimate of drug-likeness (QED) is 0.289. The number of carbonyl (C=O) groups is 2. The Balaban J connectivity index is 1.99. The maximum Gasteiger partial charge on any atom is 0.308 e. The van der Waals surface area contributed by atoms with Crippen molar-refractivity contribution in [1.29, 1.82) is 0 Å². The van der Waals surface area contributed by atoms with Gasteiger partial charge in [0.05, 0.1) is 24.6 Å². The Morgan fingerprint density at radius 2 is 1.19 bits per heavy atom. The van der Waals surface area contributed by atoms with Crippen molar-refractivity contribution in [1.82, 2.24) is 20.6 Å². The van der Waals surface area contributed by atoms with Crippen LogP contribution in [0.25, 0.3) is 0 Å². The van der Waals surface area contributed by atoms with Crippen LogP contribution in [-0.4, -0.2) is 45.2 Å². The van der Waals surface area contributed by atoms with E-state index in [9.17, 15) is 19.8 Å². The molecule has 174 valence electrons. The lowest BCUT2D eigenvalue weighted by Gasteiger charge is -2.17. The third-order valence-corrected chi connectivity index (χ3v) is 4.72. The largest absolute Gasteiger partial charge is 0.424 e. The molecular weight excluding hydrogens is 416 g/mol. The summed E-state index contributed by atoms with van der Waals surface area (Å²) in [5.41, 5.74) is 3.65. The van der Waals surface area contributed by atoms with Crippen LogP contribution in [0.2, 0.25) is 0 Å². The first kappa shape index (κ1) is 25.3. The summed E-state index contributed by atoms with van der Waals surface area (Å²) in [6, 6.07) is 0. The standard InChI is InChI=1S/C22H30N4O6/c1-13-21(31-15(3)29)19(17(11-27)7-25-13)9-23-5-6-24-10-20-18(12-28)8-26-14(2)22(20)32-16(4)30/h7-8,23-24,27-28H,5-6,9-12H2,1-4H3. The van der Waals surface area contributed by atoms with Crippen LogP contribution in [0.4, 0.5) is 0 Å². The van der Waals surface area contributed by atoms with E-state index in [0.29, 0.717) is 71.3 Å². The molecule has 2 rings (SSSR count). The number of nitrogens with zero attached hydrogens (tertiary/aromatic N) is 2. The number of pyridine rings is 2. The van der Waals surface area contributed by atoms with Crippen molar-refractivity contribution < 1.29 is 29.3 Å². The predicted molar refractivity (Wildman–Crippen MR) is 116 cm³/mol. The first-order valence-corrected chi connectivity index (χ1v) is 10.2. The number of rotatable bonds is 11. The summed E-state index contributed by atoms with van der Waals surface area (Å²) in [5, 5.41) is 25.7. The van der Waals surface area contributed by atoms with E-state index in [1.165, 1.54) is 13.8 Å². The molecule has 0 aliphatic heterocycles. The molecule has 0 unspecified atom stereocenters. The maximum absolute atomic E-state index is 11.4. The summed E-state index contributed by atoms with van der Waals surface area (Å²) in [7, 11) is 0. The number of hydrogen-bond acceptors (Lipinski definition) is 10. The first-order chi connectivity index (χ1) is 15.3. The topological polar surface area (TPSA) is 143 Å². The highest BCUT2D eigenvalue weighted by Gasteiger charge is 2.16. The van der Waals surface area contributed by atoms with Crippen molar-refractivity contribution in [2.45, 2.75) is 54.0 Å². The summed E-state index contributed by atoms with van der Waals surface area (Å²) < 4.78 is 10.6. The molecule has 32 heavy (non-hydrogen) atoms. The number of nitrogens with one attached hydrogen (secondary N) is 2. The van der Waals surface area contributed by atoms with Crippen LogP contribution >= 0.6 is 0 Å². The van der Waals surface area contributed by atoms with E-state index in [1.54, 1.807) is 26.2 Å². The van der Waals surface area contributed by atoms with Crippen molar-refractivity contribution >= 4 is 11.9 Å². The molecule has 10 nitrogen and oxygen atoms in total. The molecule has 0 aliphatic rings. The minimum Gasteiger partial charge on any atom is -0.424 e. The van der Waals surface area contributed by atoms with Crippen LogP contribution in [0, 0.1) is 13.8 Å². The molecule has 2 aromatic rings. The zero-order valence-electron chi connectivity index (χ0n) is 18.8. The fourth-order valence-electron chi connectivity index (χ4n) is 3.17. The third kappa shape index (κ3) is 6.79. The zero-order chi connectivity index (χ0) is 23.7. The lowest BCUT2D eigenvalue weighted by Crippen LogP contribution is -2.28. The molecule has 2 heterocycles. The van der Waals surface area contributed by atoms with Crippen molar-refractivity contribution in [3.05, 3.63) is 46.0 Å². The Labute approximate surface area is 187 Å². The maximum atomic E-state index is 11.4.